The molecule has 30 heavy (non-hydrogen) atoms. The highest BCUT2D eigenvalue weighted by Gasteiger charge is 2.64. The van der Waals surface area contributed by atoms with Crippen molar-refractivity contribution in [2.75, 3.05) is 13.2 Å². The highest BCUT2D eigenvalue weighted by molar-refractivity contribution is 7.99. The van der Waals surface area contributed by atoms with Crippen molar-refractivity contribution in [3.8, 4) is 0 Å². The van der Waals surface area contributed by atoms with Gasteiger partial charge in [0.25, 0.3) is 5.69 Å². The third-order valence-corrected chi connectivity index (χ3v) is 6.43. The molecule has 2 unspecified atom stereocenters. The molecule has 2 atom stereocenters. The van der Waals surface area contributed by atoms with E-state index in [9.17, 15) is 24.8 Å². The highest BCUT2D eigenvalue weighted by Crippen LogP contribution is 2.61. The Morgan fingerprint density at radius 3 is 2.13 bits per heavy atom. The molecule has 2 aromatic carbocycles. The number of aliphatic hydroxyl groups is 1. The van der Waals surface area contributed by atoms with Gasteiger partial charge in [-0.25, -0.2) is 0 Å². The van der Waals surface area contributed by atoms with E-state index in [1.165, 1.54) is 18.2 Å². The van der Waals surface area contributed by atoms with Crippen molar-refractivity contribution in [3.63, 3.8) is 0 Å². The Labute approximate surface area is 177 Å². The van der Waals surface area contributed by atoms with Crippen LogP contribution < -0.4 is 0 Å². The smallest absolute Gasteiger partial charge is 0.328 e. The lowest BCUT2D eigenvalue weighted by atomic mass is 9.72. The lowest BCUT2D eigenvalue weighted by Gasteiger charge is -2.43. The molecule has 0 saturated carbocycles. The summed E-state index contributed by atoms with van der Waals surface area (Å²) < 4.78 is 10.4. The van der Waals surface area contributed by atoms with Gasteiger partial charge in [-0.1, -0.05) is 36.4 Å². The van der Waals surface area contributed by atoms with Crippen LogP contribution in [0.25, 0.3) is 0 Å². The van der Waals surface area contributed by atoms with Crippen molar-refractivity contribution < 1.29 is 29.1 Å². The van der Waals surface area contributed by atoms with Gasteiger partial charge >= 0.3 is 11.9 Å². The Hall–Kier alpha value is -2.91. The van der Waals surface area contributed by atoms with Crippen molar-refractivity contribution in [1.29, 1.82) is 0 Å². The van der Waals surface area contributed by atoms with Gasteiger partial charge < -0.3 is 14.6 Å². The van der Waals surface area contributed by atoms with E-state index in [0.717, 1.165) is 11.8 Å². The van der Waals surface area contributed by atoms with Crippen LogP contribution in [0.15, 0.2) is 53.4 Å². The second kappa shape index (κ2) is 8.85. The second-order valence-corrected chi connectivity index (χ2v) is 7.71. The first-order valence-corrected chi connectivity index (χ1v) is 10.3. The topological polar surface area (TPSA) is 116 Å². The number of thioether (sulfide) groups is 1. The maximum Gasteiger partial charge on any atom is 0.328 e. The summed E-state index contributed by atoms with van der Waals surface area (Å²) in [4.78, 5) is 38.2. The van der Waals surface area contributed by atoms with Crippen LogP contribution in [0.3, 0.4) is 0 Å². The van der Waals surface area contributed by atoms with Crippen molar-refractivity contribution in [2.24, 2.45) is 5.41 Å². The maximum atomic E-state index is 13.3. The van der Waals surface area contributed by atoms with Crippen LogP contribution in [0.5, 0.6) is 0 Å². The third-order valence-electron chi connectivity index (χ3n) is 4.95. The van der Waals surface area contributed by atoms with Crippen molar-refractivity contribution in [3.05, 3.63) is 69.8 Å². The summed E-state index contributed by atoms with van der Waals surface area (Å²) in [6, 6.07) is 12.6. The van der Waals surface area contributed by atoms with Gasteiger partial charge in [0.15, 0.2) is 0 Å². The predicted molar refractivity (Wildman–Crippen MR) is 109 cm³/mol. The number of nitrogens with zero attached hydrogens (tertiary/aromatic N) is 1. The van der Waals surface area contributed by atoms with Crippen LogP contribution in [0.2, 0.25) is 0 Å². The predicted octanol–water partition coefficient (Wildman–Crippen LogP) is 3.59. The average molecular weight is 431 g/mol. The molecule has 0 saturated heterocycles. The monoisotopic (exact) mass is 431 g/mol. The van der Waals surface area contributed by atoms with Gasteiger partial charge in [-0.15, -0.1) is 11.8 Å². The van der Waals surface area contributed by atoms with E-state index >= 15 is 0 Å². The lowest BCUT2D eigenvalue weighted by molar-refractivity contribution is -0.385. The first-order chi connectivity index (χ1) is 14.4. The third kappa shape index (κ3) is 3.44. The number of aliphatic hydroxyl groups excluding tert-OH is 1. The largest absolute Gasteiger partial charge is 0.465 e. The summed E-state index contributed by atoms with van der Waals surface area (Å²) in [5.41, 5.74) is -1.99. The van der Waals surface area contributed by atoms with Gasteiger partial charge in [-0.2, -0.15) is 0 Å². The number of benzene rings is 2. The van der Waals surface area contributed by atoms with E-state index in [-0.39, 0.29) is 24.5 Å². The molecule has 0 aliphatic carbocycles. The van der Waals surface area contributed by atoms with Crippen molar-refractivity contribution in [1.82, 2.24) is 0 Å². The molecule has 0 spiro atoms. The van der Waals surface area contributed by atoms with Gasteiger partial charge in [0.1, 0.15) is 6.10 Å². The van der Waals surface area contributed by atoms with Crippen molar-refractivity contribution >= 4 is 29.4 Å². The molecule has 3 rings (SSSR count). The minimum Gasteiger partial charge on any atom is -0.465 e. The summed E-state index contributed by atoms with van der Waals surface area (Å²) in [6.07, 6.45) is -1.61. The first kappa shape index (κ1) is 21.8. The number of ether oxygens (including phenoxy) is 2. The summed E-state index contributed by atoms with van der Waals surface area (Å²) in [7, 11) is 0. The molecule has 1 aliphatic rings. The Morgan fingerprint density at radius 2 is 1.57 bits per heavy atom. The van der Waals surface area contributed by atoms with Crippen LogP contribution >= 0.6 is 11.8 Å². The molecule has 158 valence electrons. The minimum atomic E-state index is -2.21. The SMILES string of the molecule is CCOC(=O)C1(C(=O)OCC)C(O)c2ccccc2SC1c1ccccc1[N+](=O)[O-]. The highest BCUT2D eigenvalue weighted by atomic mass is 32.2. The van der Waals surface area contributed by atoms with E-state index in [1.54, 1.807) is 44.2 Å². The molecule has 2 aromatic rings. The zero-order valence-corrected chi connectivity index (χ0v) is 17.3. The number of fused-ring (bicyclic) bond motifs is 1. The Morgan fingerprint density at radius 1 is 1.03 bits per heavy atom. The van der Waals surface area contributed by atoms with E-state index in [4.69, 9.17) is 9.47 Å². The van der Waals surface area contributed by atoms with Gasteiger partial charge in [0.2, 0.25) is 5.41 Å². The molecule has 0 bridgehead atoms. The number of nitro benzene ring substituents is 1. The van der Waals surface area contributed by atoms with Crippen molar-refractivity contribution in [2.45, 2.75) is 30.1 Å². The molecule has 0 fully saturated rings. The van der Waals surface area contributed by atoms with Gasteiger partial charge in [0.05, 0.1) is 23.4 Å². The van der Waals surface area contributed by atoms with Crippen LogP contribution in [-0.4, -0.2) is 35.2 Å². The Balaban J connectivity index is 2.34. The van der Waals surface area contributed by atoms with Gasteiger partial charge in [-0.3, -0.25) is 19.7 Å². The van der Waals surface area contributed by atoms with E-state index < -0.39 is 33.6 Å². The number of hydrogen-bond donors (Lipinski definition) is 1. The number of hydrogen-bond acceptors (Lipinski definition) is 8. The van der Waals surface area contributed by atoms with Crippen LogP contribution in [0.1, 0.15) is 36.3 Å². The summed E-state index contributed by atoms with van der Waals surface area (Å²) in [6.45, 7) is 3.07. The number of nitro groups is 1. The van der Waals surface area contributed by atoms with Crippen LogP contribution in [-0.2, 0) is 19.1 Å². The first-order valence-electron chi connectivity index (χ1n) is 9.40. The average Bonchev–Trinajstić information content (AvgIpc) is 2.74. The molecule has 0 amide bonds. The fraction of sp³-hybridized carbons (Fsp3) is 0.333. The molecular weight excluding hydrogens is 410 g/mol. The number of esters is 2. The molecular formula is C21H21NO7S. The second-order valence-electron chi connectivity index (χ2n) is 6.56. The van der Waals surface area contributed by atoms with E-state index in [2.05, 4.69) is 0 Å². The quantitative estimate of drug-likeness (QED) is 0.319. The fourth-order valence-corrected chi connectivity index (χ4v) is 5.19. The van der Waals surface area contributed by atoms with Crippen LogP contribution in [0.4, 0.5) is 5.69 Å². The Bertz CT molecular complexity index is 959. The Kier molecular flexibility index (Phi) is 6.42. The molecule has 1 N–H and O–H groups in total. The molecule has 1 heterocycles. The summed E-state index contributed by atoms with van der Waals surface area (Å²) >= 11 is 1.09. The molecule has 1 aliphatic heterocycles. The standard InChI is InChI=1S/C21H21NO7S/c1-3-28-19(24)21(20(25)29-4-2)17(23)14-10-6-8-12-16(14)30-18(21)13-9-5-7-11-15(13)22(26)27/h5-12,17-18,23H,3-4H2,1-2H3. The zero-order chi connectivity index (χ0) is 21.9. The normalized spacial score (nSPS) is 19.4. The van der Waals surface area contributed by atoms with E-state index in [1.807, 2.05) is 0 Å². The zero-order valence-electron chi connectivity index (χ0n) is 16.4. The summed E-state index contributed by atoms with van der Waals surface area (Å²) in [5.74, 6) is -1.97. The fourth-order valence-electron chi connectivity index (χ4n) is 3.63. The number of carbonyl (C=O) groups is 2. The van der Waals surface area contributed by atoms with Gasteiger partial charge in [-0.05, 0) is 25.5 Å². The van der Waals surface area contributed by atoms with Crippen LogP contribution in [0, 0.1) is 15.5 Å². The number of carbonyl (C=O) groups excluding carboxylic acids is 2. The maximum absolute atomic E-state index is 13.3. The molecule has 9 heteroatoms. The van der Waals surface area contributed by atoms with Gasteiger partial charge in [0, 0.05) is 16.5 Å². The molecule has 0 radical (unpaired) electrons. The minimum absolute atomic E-state index is 0.0391. The molecule has 8 nitrogen and oxygen atoms in total. The number of rotatable bonds is 6. The summed E-state index contributed by atoms with van der Waals surface area (Å²) in [5, 5.41) is 21.9. The number of para-hydroxylation sites is 1. The lowest BCUT2D eigenvalue weighted by Crippen LogP contribution is -2.52. The molecule has 0 aromatic heterocycles. The van der Waals surface area contributed by atoms with E-state index in [0.29, 0.717) is 10.5 Å².